The van der Waals surface area contributed by atoms with Gasteiger partial charge in [0.25, 0.3) is 5.69 Å². The van der Waals surface area contributed by atoms with E-state index in [1.165, 1.54) is 6.07 Å². The lowest BCUT2D eigenvalue weighted by Crippen LogP contribution is -2.08. The molecule has 8 heteroatoms. The minimum absolute atomic E-state index is 0.158. The van der Waals surface area contributed by atoms with Crippen molar-refractivity contribution < 1.29 is 9.31 Å². The first-order chi connectivity index (χ1) is 8.99. The number of aromatic nitrogens is 2. The van der Waals surface area contributed by atoms with Crippen LogP contribution in [0.1, 0.15) is 18.5 Å². The highest BCUT2D eigenvalue weighted by Crippen LogP contribution is 2.32. The van der Waals surface area contributed by atoms with E-state index in [1.54, 1.807) is 19.3 Å². The van der Waals surface area contributed by atoms with Gasteiger partial charge in [0.05, 0.1) is 28.3 Å². The molecule has 0 fully saturated rings. The Balaban J connectivity index is 2.33. The summed E-state index contributed by atoms with van der Waals surface area (Å²) in [5.41, 5.74) is 0.608. The molecule has 0 radical (unpaired) electrons. The van der Waals surface area contributed by atoms with Gasteiger partial charge < -0.3 is 5.32 Å². The van der Waals surface area contributed by atoms with Crippen LogP contribution in [0.25, 0.3) is 0 Å². The van der Waals surface area contributed by atoms with Crippen molar-refractivity contribution in [3.05, 3.63) is 51.0 Å². The van der Waals surface area contributed by atoms with Crippen molar-refractivity contribution in [3.63, 3.8) is 0 Å². The maximum Gasteiger partial charge on any atom is 0.295 e. The van der Waals surface area contributed by atoms with E-state index in [1.807, 2.05) is 0 Å². The minimum Gasteiger partial charge on any atom is -0.373 e. The van der Waals surface area contributed by atoms with Gasteiger partial charge >= 0.3 is 0 Å². The van der Waals surface area contributed by atoms with Crippen LogP contribution in [0.2, 0.25) is 5.02 Å². The van der Waals surface area contributed by atoms with E-state index in [-0.39, 0.29) is 22.4 Å². The number of nitro benzene ring substituents is 1. The highest BCUT2D eigenvalue weighted by Gasteiger charge is 2.19. The van der Waals surface area contributed by atoms with Crippen molar-refractivity contribution in [3.8, 4) is 0 Å². The minimum atomic E-state index is -0.824. The number of rotatable bonds is 4. The topological polar surface area (TPSA) is 83.8 Å². The fourth-order valence-corrected chi connectivity index (χ4v) is 1.78. The summed E-state index contributed by atoms with van der Waals surface area (Å²) < 4.78 is 13.3. The Hall–Kier alpha value is -2.15. The fourth-order valence-electron chi connectivity index (χ4n) is 1.62. The number of nitro groups is 1. The summed E-state index contributed by atoms with van der Waals surface area (Å²) in [6.07, 6.45) is 3.25. The molecular formula is C11H10ClFN4O2. The molecule has 0 saturated carbocycles. The number of nitrogens with zero attached hydrogens (tertiary/aromatic N) is 2. The largest absolute Gasteiger partial charge is 0.373 e. The average molecular weight is 285 g/mol. The normalized spacial score (nSPS) is 12.2. The molecule has 0 aliphatic rings. The molecule has 2 N–H and O–H groups in total. The molecular weight excluding hydrogens is 275 g/mol. The Bertz CT molecular complexity index is 603. The van der Waals surface area contributed by atoms with Gasteiger partial charge in [0.1, 0.15) is 11.5 Å². The fraction of sp³-hybridized carbons (Fsp3) is 0.182. The van der Waals surface area contributed by atoms with E-state index in [2.05, 4.69) is 15.5 Å². The molecule has 1 unspecified atom stereocenters. The first-order valence-electron chi connectivity index (χ1n) is 5.37. The number of nitrogens with one attached hydrogen (secondary N) is 2. The molecule has 0 spiro atoms. The molecule has 0 aliphatic carbocycles. The standard InChI is InChI=1S/C11H10ClFN4O2/c1-6(7-4-14-15-5-7)16-10-2-8(12)9(13)3-11(10)17(18)19/h2-6,16H,1H3,(H,14,15). The lowest BCUT2D eigenvalue weighted by Gasteiger charge is -2.14. The molecule has 6 nitrogen and oxygen atoms in total. The summed E-state index contributed by atoms with van der Waals surface area (Å²) in [6, 6.07) is 1.76. The van der Waals surface area contributed by atoms with Gasteiger partial charge in [0.15, 0.2) is 0 Å². The van der Waals surface area contributed by atoms with Gasteiger partial charge in [-0.2, -0.15) is 5.10 Å². The van der Waals surface area contributed by atoms with Crippen molar-refractivity contribution in [1.82, 2.24) is 10.2 Å². The van der Waals surface area contributed by atoms with Crippen LogP contribution >= 0.6 is 11.6 Å². The number of H-pyrrole nitrogens is 1. The molecule has 1 aromatic heterocycles. The Morgan fingerprint density at radius 2 is 2.32 bits per heavy atom. The number of hydrogen-bond donors (Lipinski definition) is 2. The monoisotopic (exact) mass is 284 g/mol. The molecule has 0 amide bonds. The lowest BCUT2D eigenvalue weighted by atomic mass is 10.1. The second-order valence-electron chi connectivity index (χ2n) is 3.94. The van der Waals surface area contributed by atoms with Gasteiger partial charge in [0.2, 0.25) is 0 Å². The molecule has 1 atom stereocenters. The quantitative estimate of drug-likeness (QED) is 0.666. The van der Waals surface area contributed by atoms with Gasteiger partial charge in [-0.25, -0.2) is 4.39 Å². The van der Waals surface area contributed by atoms with Crippen molar-refractivity contribution in [2.45, 2.75) is 13.0 Å². The number of benzene rings is 1. The Labute approximate surface area is 112 Å². The molecule has 0 saturated heterocycles. The van der Waals surface area contributed by atoms with E-state index in [0.29, 0.717) is 0 Å². The van der Waals surface area contributed by atoms with Crippen LogP contribution in [0.15, 0.2) is 24.5 Å². The zero-order valence-corrected chi connectivity index (χ0v) is 10.6. The number of anilines is 1. The van der Waals surface area contributed by atoms with Crippen LogP contribution in [0.5, 0.6) is 0 Å². The first-order valence-corrected chi connectivity index (χ1v) is 5.75. The van der Waals surface area contributed by atoms with Crippen LogP contribution in [-0.4, -0.2) is 15.1 Å². The molecule has 2 rings (SSSR count). The maximum absolute atomic E-state index is 13.3. The van der Waals surface area contributed by atoms with Crippen molar-refractivity contribution >= 4 is 23.0 Å². The summed E-state index contributed by atoms with van der Waals surface area (Å²) in [7, 11) is 0. The Morgan fingerprint density at radius 1 is 1.58 bits per heavy atom. The number of hydrogen-bond acceptors (Lipinski definition) is 4. The number of aromatic amines is 1. The van der Waals surface area contributed by atoms with Crippen LogP contribution in [-0.2, 0) is 0 Å². The van der Waals surface area contributed by atoms with Gasteiger partial charge in [-0.1, -0.05) is 11.6 Å². The third-order valence-electron chi connectivity index (χ3n) is 2.63. The second kappa shape index (κ2) is 5.23. The van der Waals surface area contributed by atoms with Gasteiger partial charge in [0, 0.05) is 11.8 Å². The average Bonchev–Trinajstić information content (AvgIpc) is 2.86. The van der Waals surface area contributed by atoms with Crippen molar-refractivity contribution in [2.75, 3.05) is 5.32 Å². The summed E-state index contributed by atoms with van der Waals surface area (Å²) in [5, 5.41) is 20.1. The Kier molecular flexibility index (Phi) is 3.66. The van der Waals surface area contributed by atoms with Crippen molar-refractivity contribution in [2.24, 2.45) is 0 Å². The molecule has 1 heterocycles. The van der Waals surface area contributed by atoms with Crippen molar-refractivity contribution in [1.29, 1.82) is 0 Å². The highest BCUT2D eigenvalue weighted by molar-refractivity contribution is 6.31. The van der Waals surface area contributed by atoms with Gasteiger partial charge in [-0.05, 0) is 13.0 Å². The zero-order chi connectivity index (χ0) is 14.0. The van der Waals surface area contributed by atoms with E-state index in [0.717, 1.165) is 11.6 Å². The second-order valence-corrected chi connectivity index (χ2v) is 4.35. The predicted octanol–water partition coefficient (Wildman–Crippen LogP) is 3.28. The number of halogens is 2. The maximum atomic E-state index is 13.3. The molecule has 1 aromatic carbocycles. The summed E-state index contributed by atoms with van der Waals surface area (Å²) in [5.74, 6) is -0.824. The molecule has 2 aromatic rings. The lowest BCUT2D eigenvalue weighted by molar-refractivity contribution is -0.384. The third-order valence-corrected chi connectivity index (χ3v) is 2.92. The van der Waals surface area contributed by atoms with Gasteiger partial charge in [-0.3, -0.25) is 15.2 Å². The van der Waals surface area contributed by atoms with Crippen LogP contribution < -0.4 is 5.32 Å². The molecule has 0 bridgehead atoms. The first kappa shape index (κ1) is 13.3. The van der Waals surface area contributed by atoms with E-state index in [4.69, 9.17) is 11.6 Å². The summed E-state index contributed by atoms with van der Waals surface area (Å²) >= 11 is 5.64. The van der Waals surface area contributed by atoms with Gasteiger partial charge in [-0.15, -0.1) is 0 Å². The van der Waals surface area contributed by atoms with E-state index < -0.39 is 10.7 Å². The van der Waals surface area contributed by atoms with E-state index >= 15 is 0 Å². The Morgan fingerprint density at radius 3 is 2.89 bits per heavy atom. The molecule has 100 valence electrons. The third kappa shape index (κ3) is 2.82. The summed E-state index contributed by atoms with van der Waals surface area (Å²) in [4.78, 5) is 10.2. The van der Waals surface area contributed by atoms with Crippen LogP contribution in [0.3, 0.4) is 0 Å². The predicted molar refractivity (Wildman–Crippen MR) is 68.7 cm³/mol. The highest BCUT2D eigenvalue weighted by atomic mass is 35.5. The molecule has 0 aliphatic heterocycles. The SMILES string of the molecule is CC(Nc1cc(Cl)c(F)cc1[N+](=O)[O-])c1cn[nH]c1. The van der Waals surface area contributed by atoms with E-state index in [9.17, 15) is 14.5 Å². The summed E-state index contributed by atoms with van der Waals surface area (Å²) in [6.45, 7) is 1.80. The van der Waals surface area contributed by atoms with Crippen LogP contribution in [0, 0.1) is 15.9 Å². The zero-order valence-electron chi connectivity index (χ0n) is 9.85. The smallest absolute Gasteiger partial charge is 0.295 e. The van der Waals surface area contributed by atoms with Crippen LogP contribution in [0.4, 0.5) is 15.8 Å². The molecule has 19 heavy (non-hydrogen) atoms.